The van der Waals surface area contributed by atoms with Crippen molar-refractivity contribution in [3.05, 3.63) is 35.5 Å². The summed E-state index contributed by atoms with van der Waals surface area (Å²) in [6, 6.07) is 7.09. The van der Waals surface area contributed by atoms with Crippen molar-refractivity contribution in [1.82, 2.24) is 10.2 Å². The van der Waals surface area contributed by atoms with Crippen LogP contribution < -0.4 is 4.72 Å². The summed E-state index contributed by atoms with van der Waals surface area (Å²) < 4.78 is 27.2. The van der Waals surface area contributed by atoms with Crippen molar-refractivity contribution in [3.8, 4) is 0 Å². The molecule has 0 fully saturated rings. The lowest BCUT2D eigenvalue weighted by atomic mass is 10.3. The highest BCUT2D eigenvalue weighted by molar-refractivity contribution is 7.99. The maximum Gasteiger partial charge on any atom is 0.281 e. The van der Waals surface area contributed by atoms with Crippen LogP contribution in [0, 0.1) is 6.92 Å². The molecule has 20 heavy (non-hydrogen) atoms. The Hall–Kier alpha value is -1.51. The fourth-order valence-corrected chi connectivity index (χ4v) is 3.65. The number of aryl methyl sites for hydroxylation is 1. The summed E-state index contributed by atoms with van der Waals surface area (Å²) in [7, 11) is -3.83. The van der Waals surface area contributed by atoms with Crippen molar-refractivity contribution in [3.63, 3.8) is 0 Å². The third kappa shape index (κ3) is 2.82. The van der Waals surface area contributed by atoms with Gasteiger partial charge in [-0.05, 0) is 25.3 Å². The molecule has 0 bridgehead atoms. The van der Waals surface area contributed by atoms with E-state index < -0.39 is 10.0 Å². The normalized spacial score (nSPS) is 11.6. The highest BCUT2D eigenvalue weighted by Gasteiger charge is 2.24. The summed E-state index contributed by atoms with van der Waals surface area (Å²) in [6.45, 7) is 1.27. The molecule has 0 spiro atoms. The third-order valence-corrected chi connectivity index (χ3v) is 4.93. The summed E-state index contributed by atoms with van der Waals surface area (Å²) in [5, 5.41) is 15.4. The number of anilines is 1. The number of H-pyrrole nitrogens is 1. The van der Waals surface area contributed by atoms with E-state index in [0.717, 1.165) is 4.90 Å². The monoisotopic (exact) mass is 313 g/mol. The average Bonchev–Trinajstić information content (AvgIpc) is 2.81. The molecule has 2 rings (SSSR count). The molecule has 0 aliphatic heterocycles. The number of para-hydroxylation sites is 1. The molecule has 0 saturated carbocycles. The van der Waals surface area contributed by atoms with Crippen molar-refractivity contribution in [2.75, 3.05) is 11.0 Å². The van der Waals surface area contributed by atoms with Crippen LogP contribution in [-0.4, -0.2) is 30.0 Å². The summed E-state index contributed by atoms with van der Waals surface area (Å²) >= 11 is 1.44. The maximum absolute atomic E-state index is 12.3. The second-order valence-electron chi connectivity index (χ2n) is 4.10. The predicted molar refractivity (Wildman–Crippen MR) is 78.3 cm³/mol. The van der Waals surface area contributed by atoms with Gasteiger partial charge in [0, 0.05) is 16.2 Å². The Kier molecular flexibility index (Phi) is 4.36. The second-order valence-corrected chi connectivity index (χ2v) is 6.54. The Bertz CT molecular complexity index is 710. The Morgan fingerprint density at radius 2 is 2.10 bits per heavy atom. The van der Waals surface area contributed by atoms with Crippen LogP contribution in [0.15, 0.2) is 34.2 Å². The van der Waals surface area contributed by atoms with Gasteiger partial charge in [0.25, 0.3) is 10.0 Å². The molecule has 2 aromatic rings. The van der Waals surface area contributed by atoms with Crippen molar-refractivity contribution in [1.29, 1.82) is 0 Å². The van der Waals surface area contributed by atoms with Crippen LogP contribution in [0.5, 0.6) is 0 Å². The molecular formula is C12H15N3O3S2. The number of aromatic amines is 1. The van der Waals surface area contributed by atoms with Gasteiger partial charge >= 0.3 is 0 Å². The van der Waals surface area contributed by atoms with Gasteiger partial charge in [0.15, 0.2) is 0 Å². The van der Waals surface area contributed by atoms with E-state index >= 15 is 0 Å². The van der Waals surface area contributed by atoms with Gasteiger partial charge < -0.3 is 5.11 Å². The van der Waals surface area contributed by atoms with Crippen LogP contribution in [0.25, 0.3) is 0 Å². The number of nitrogens with zero attached hydrogens (tertiary/aromatic N) is 1. The number of benzene rings is 1. The molecule has 6 nitrogen and oxygen atoms in total. The van der Waals surface area contributed by atoms with E-state index in [9.17, 15) is 13.5 Å². The number of hydrogen-bond acceptors (Lipinski definition) is 5. The summed E-state index contributed by atoms with van der Waals surface area (Å²) in [6.07, 6.45) is 1.87. The average molecular weight is 313 g/mol. The van der Waals surface area contributed by atoms with Gasteiger partial charge in [0.1, 0.15) is 0 Å². The number of hydrogen-bond donors (Lipinski definition) is 3. The largest absolute Gasteiger partial charge is 0.392 e. The Labute approximate surface area is 121 Å². The van der Waals surface area contributed by atoms with Crippen LogP contribution in [-0.2, 0) is 16.6 Å². The molecule has 0 unspecified atom stereocenters. The van der Waals surface area contributed by atoms with Crippen molar-refractivity contribution in [2.24, 2.45) is 0 Å². The first-order valence-corrected chi connectivity index (χ1v) is 8.51. The molecule has 0 atom stereocenters. The van der Waals surface area contributed by atoms with Crippen molar-refractivity contribution >= 4 is 27.5 Å². The van der Waals surface area contributed by atoms with E-state index in [2.05, 4.69) is 14.9 Å². The van der Waals surface area contributed by atoms with E-state index in [1.807, 2.05) is 18.4 Å². The predicted octanol–water partition coefficient (Wildman–Crippen LogP) is 1.73. The van der Waals surface area contributed by atoms with Crippen LogP contribution in [0.1, 0.15) is 11.3 Å². The lowest BCUT2D eigenvalue weighted by Gasteiger charge is -2.10. The SMILES string of the molecule is CSc1ccccc1NS(=O)(=O)c1n[nH]c(C)c1CO. The standard InChI is InChI=1S/C12H15N3O3S2/c1-8-9(7-16)12(14-13-8)20(17,18)15-10-5-3-4-6-11(10)19-2/h3-6,15-16H,7H2,1-2H3,(H,13,14). The van der Waals surface area contributed by atoms with E-state index in [4.69, 9.17) is 0 Å². The minimum Gasteiger partial charge on any atom is -0.392 e. The van der Waals surface area contributed by atoms with E-state index in [0.29, 0.717) is 11.4 Å². The van der Waals surface area contributed by atoms with Crippen LogP contribution >= 0.6 is 11.8 Å². The Balaban J connectivity index is 2.41. The molecule has 1 aromatic heterocycles. The van der Waals surface area contributed by atoms with Gasteiger partial charge in [-0.15, -0.1) is 11.8 Å². The first kappa shape index (κ1) is 14.9. The minimum atomic E-state index is -3.83. The number of sulfonamides is 1. The lowest BCUT2D eigenvalue weighted by Crippen LogP contribution is -2.15. The highest BCUT2D eigenvalue weighted by Crippen LogP contribution is 2.27. The van der Waals surface area contributed by atoms with E-state index in [-0.39, 0.29) is 17.2 Å². The number of aliphatic hydroxyl groups excluding tert-OH is 1. The molecule has 0 radical (unpaired) electrons. The number of aliphatic hydroxyl groups is 1. The zero-order valence-electron chi connectivity index (χ0n) is 11.0. The molecule has 1 heterocycles. The topological polar surface area (TPSA) is 95.1 Å². The minimum absolute atomic E-state index is 0.173. The van der Waals surface area contributed by atoms with Gasteiger partial charge in [-0.25, -0.2) is 0 Å². The smallest absolute Gasteiger partial charge is 0.281 e. The van der Waals surface area contributed by atoms with Crippen LogP contribution in [0.4, 0.5) is 5.69 Å². The zero-order chi connectivity index (χ0) is 14.8. The van der Waals surface area contributed by atoms with Crippen molar-refractivity contribution < 1.29 is 13.5 Å². The highest BCUT2D eigenvalue weighted by atomic mass is 32.2. The fourth-order valence-electron chi connectivity index (χ4n) is 1.76. The zero-order valence-corrected chi connectivity index (χ0v) is 12.7. The molecule has 1 aromatic carbocycles. The molecule has 0 amide bonds. The van der Waals surface area contributed by atoms with Crippen molar-refractivity contribution in [2.45, 2.75) is 23.5 Å². The molecule has 0 aliphatic carbocycles. The number of rotatable bonds is 5. The quantitative estimate of drug-likeness (QED) is 0.731. The fraction of sp³-hybridized carbons (Fsp3) is 0.250. The van der Waals surface area contributed by atoms with Gasteiger partial charge in [0.2, 0.25) is 5.03 Å². The lowest BCUT2D eigenvalue weighted by molar-refractivity contribution is 0.277. The van der Waals surface area contributed by atoms with Gasteiger partial charge in [-0.1, -0.05) is 12.1 Å². The summed E-state index contributed by atoms with van der Waals surface area (Å²) in [4.78, 5) is 0.814. The maximum atomic E-state index is 12.3. The van der Waals surface area contributed by atoms with Gasteiger partial charge in [-0.3, -0.25) is 9.82 Å². The van der Waals surface area contributed by atoms with Crippen LogP contribution in [0.3, 0.4) is 0 Å². The molecular weight excluding hydrogens is 298 g/mol. The van der Waals surface area contributed by atoms with E-state index in [1.54, 1.807) is 19.1 Å². The molecule has 108 valence electrons. The second kappa shape index (κ2) is 5.86. The molecule has 0 saturated heterocycles. The summed E-state index contributed by atoms with van der Waals surface area (Å²) in [5.74, 6) is 0. The number of aromatic nitrogens is 2. The first-order valence-electron chi connectivity index (χ1n) is 5.80. The third-order valence-electron chi connectivity index (χ3n) is 2.80. The van der Waals surface area contributed by atoms with Gasteiger partial charge in [-0.2, -0.15) is 13.5 Å². The molecule has 3 N–H and O–H groups in total. The molecule has 0 aliphatic rings. The van der Waals surface area contributed by atoms with Gasteiger partial charge in [0.05, 0.1) is 12.3 Å². The number of thioether (sulfide) groups is 1. The Morgan fingerprint density at radius 3 is 2.75 bits per heavy atom. The number of nitrogens with one attached hydrogen (secondary N) is 2. The molecule has 8 heteroatoms. The van der Waals surface area contributed by atoms with Crippen LogP contribution in [0.2, 0.25) is 0 Å². The Morgan fingerprint density at radius 1 is 1.40 bits per heavy atom. The first-order chi connectivity index (χ1) is 9.49. The summed E-state index contributed by atoms with van der Waals surface area (Å²) in [5.41, 5.74) is 1.30. The van der Waals surface area contributed by atoms with E-state index in [1.165, 1.54) is 11.8 Å².